The van der Waals surface area contributed by atoms with Gasteiger partial charge in [0.05, 0.1) is 25.5 Å². The van der Waals surface area contributed by atoms with Crippen LogP contribution in [0.5, 0.6) is 0 Å². The number of ether oxygens (including phenoxy) is 1. The molecule has 3 aromatic rings. The summed E-state index contributed by atoms with van der Waals surface area (Å²) in [4.78, 5) is 14.1. The minimum Gasteiger partial charge on any atom is -0.375 e. The largest absolute Gasteiger partial charge is 0.375 e. The molecule has 0 N–H and O–H groups in total. The summed E-state index contributed by atoms with van der Waals surface area (Å²) in [5.41, 5.74) is 3.02. The number of nitrogens with zero attached hydrogens (tertiary/aromatic N) is 5. The van der Waals surface area contributed by atoms with Crippen LogP contribution >= 0.6 is 0 Å². The lowest BCUT2D eigenvalue weighted by atomic mass is 10.1. The van der Waals surface area contributed by atoms with Gasteiger partial charge in [-0.2, -0.15) is 5.26 Å². The summed E-state index contributed by atoms with van der Waals surface area (Å²) in [5, 5.41) is 9.75. The van der Waals surface area contributed by atoms with E-state index in [0.29, 0.717) is 24.7 Å². The van der Waals surface area contributed by atoms with Crippen LogP contribution in [0.25, 0.3) is 0 Å². The lowest BCUT2D eigenvalue weighted by Gasteiger charge is -2.42. The normalized spacial score (nSPS) is 18.8. The highest BCUT2D eigenvalue weighted by molar-refractivity contribution is 5.54. The third-order valence-corrected chi connectivity index (χ3v) is 6.36. The molecular weight excluding hydrogens is 410 g/mol. The molecule has 168 valence electrons. The van der Waals surface area contributed by atoms with E-state index in [4.69, 9.17) is 9.72 Å². The van der Waals surface area contributed by atoms with E-state index in [1.807, 2.05) is 18.2 Å². The minimum absolute atomic E-state index is 0.111. The molecule has 0 amide bonds. The summed E-state index contributed by atoms with van der Waals surface area (Å²) < 4.78 is 6.18. The Morgan fingerprint density at radius 1 is 0.970 bits per heavy atom. The first-order chi connectivity index (χ1) is 16.3. The van der Waals surface area contributed by atoms with Gasteiger partial charge in [-0.1, -0.05) is 60.7 Å². The Kier molecular flexibility index (Phi) is 6.61. The summed E-state index contributed by atoms with van der Waals surface area (Å²) in [7, 11) is 0. The van der Waals surface area contributed by atoms with E-state index in [-0.39, 0.29) is 6.04 Å². The number of hydrogen-bond donors (Lipinski definition) is 0. The zero-order chi connectivity index (χ0) is 22.5. The quantitative estimate of drug-likeness (QED) is 0.526. The minimum atomic E-state index is 0.111. The molecule has 1 atom stereocenters. The van der Waals surface area contributed by atoms with Gasteiger partial charge in [0.1, 0.15) is 17.5 Å². The number of anilines is 1. The molecule has 33 heavy (non-hydrogen) atoms. The lowest BCUT2D eigenvalue weighted by Crippen LogP contribution is -2.55. The molecule has 1 aliphatic heterocycles. The summed E-state index contributed by atoms with van der Waals surface area (Å²) in [5.74, 6) is 2.09. The highest BCUT2D eigenvalue weighted by Crippen LogP contribution is 2.39. The van der Waals surface area contributed by atoms with Crippen LogP contribution in [0.1, 0.15) is 41.3 Å². The maximum absolute atomic E-state index is 9.75. The van der Waals surface area contributed by atoms with Crippen molar-refractivity contribution in [3.8, 4) is 6.07 Å². The van der Waals surface area contributed by atoms with Crippen molar-refractivity contribution in [2.24, 2.45) is 0 Å². The fourth-order valence-corrected chi connectivity index (χ4v) is 4.44. The molecule has 6 heteroatoms. The molecule has 0 unspecified atom stereocenters. The average molecular weight is 440 g/mol. The fourth-order valence-electron chi connectivity index (χ4n) is 4.44. The number of rotatable bonds is 8. The van der Waals surface area contributed by atoms with E-state index in [1.165, 1.54) is 5.56 Å². The first kappa shape index (κ1) is 21.6. The molecule has 6 nitrogen and oxygen atoms in total. The van der Waals surface area contributed by atoms with Crippen LogP contribution in [0.2, 0.25) is 0 Å². The van der Waals surface area contributed by atoms with E-state index < -0.39 is 0 Å². The summed E-state index contributed by atoms with van der Waals surface area (Å²) in [6.45, 7) is 4.64. The zero-order valence-corrected chi connectivity index (χ0v) is 18.8. The second-order valence-corrected chi connectivity index (χ2v) is 8.92. The van der Waals surface area contributed by atoms with Crippen molar-refractivity contribution < 1.29 is 4.74 Å². The van der Waals surface area contributed by atoms with E-state index >= 15 is 0 Å². The van der Waals surface area contributed by atoms with E-state index in [9.17, 15) is 5.26 Å². The monoisotopic (exact) mass is 439 g/mol. The van der Waals surface area contributed by atoms with Gasteiger partial charge in [0.2, 0.25) is 0 Å². The van der Waals surface area contributed by atoms with Gasteiger partial charge in [-0.15, -0.1) is 0 Å². The maximum atomic E-state index is 9.75. The smallest absolute Gasteiger partial charge is 0.150 e. The van der Waals surface area contributed by atoms with E-state index in [2.05, 4.69) is 63.3 Å². The van der Waals surface area contributed by atoms with Crippen molar-refractivity contribution in [1.29, 1.82) is 5.26 Å². The Hall–Kier alpha value is -3.27. The number of aromatic nitrogens is 2. The van der Waals surface area contributed by atoms with E-state index in [0.717, 1.165) is 56.2 Å². The van der Waals surface area contributed by atoms with Gasteiger partial charge >= 0.3 is 0 Å². The average Bonchev–Trinajstić information content (AvgIpc) is 3.71. The van der Waals surface area contributed by atoms with Crippen molar-refractivity contribution in [2.45, 2.75) is 38.0 Å². The number of benzene rings is 2. The Morgan fingerprint density at radius 3 is 2.39 bits per heavy atom. The summed E-state index contributed by atoms with van der Waals surface area (Å²) >= 11 is 0. The van der Waals surface area contributed by atoms with Crippen molar-refractivity contribution in [3.05, 3.63) is 89.4 Å². The van der Waals surface area contributed by atoms with Crippen molar-refractivity contribution in [1.82, 2.24) is 14.9 Å². The lowest BCUT2D eigenvalue weighted by molar-refractivity contribution is 0.0814. The first-order valence-electron chi connectivity index (χ1n) is 11.7. The molecule has 5 rings (SSSR count). The van der Waals surface area contributed by atoms with Gasteiger partial charge in [-0.05, 0) is 24.0 Å². The van der Waals surface area contributed by atoms with Crippen molar-refractivity contribution >= 4 is 5.82 Å². The predicted molar refractivity (Wildman–Crippen MR) is 128 cm³/mol. The number of nitriles is 1. The highest BCUT2D eigenvalue weighted by atomic mass is 16.5. The first-order valence-corrected chi connectivity index (χ1v) is 11.7. The zero-order valence-electron chi connectivity index (χ0n) is 18.8. The number of hydrogen-bond acceptors (Lipinski definition) is 6. The van der Waals surface area contributed by atoms with Gasteiger partial charge in [0, 0.05) is 32.1 Å². The predicted octanol–water partition coefficient (Wildman–Crippen LogP) is 4.13. The fraction of sp³-hybridized carbons (Fsp3) is 0.370. The molecule has 0 spiro atoms. The molecule has 1 aliphatic carbocycles. The Balaban J connectivity index is 1.35. The Morgan fingerprint density at radius 2 is 1.70 bits per heavy atom. The van der Waals surface area contributed by atoms with Crippen LogP contribution in [0, 0.1) is 11.3 Å². The molecule has 1 saturated carbocycles. The molecule has 2 aliphatic rings. The topological polar surface area (TPSA) is 65.3 Å². The number of piperazine rings is 1. The molecule has 0 radical (unpaired) electrons. The second kappa shape index (κ2) is 10.1. The van der Waals surface area contributed by atoms with Gasteiger partial charge in [0.15, 0.2) is 5.82 Å². The standard InChI is InChI=1S/C27H29N5O/c28-15-24-16-29-26(23-11-12-23)30-27(24)32-14-13-31(17-21-7-3-1-4-8-21)18-25(32)20-33-19-22-9-5-2-6-10-22/h1-10,16,23,25H,11-14,17-20H2/t25-/m1/s1. The van der Waals surface area contributed by atoms with Crippen LogP contribution < -0.4 is 4.90 Å². The molecular formula is C27H29N5O. The Bertz CT molecular complexity index is 1090. The summed E-state index contributed by atoms with van der Waals surface area (Å²) in [6, 6.07) is 23.3. The maximum Gasteiger partial charge on any atom is 0.150 e. The van der Waals surface area contributed by atoms with Crippen molar-refractivity contribution in [3.63, 3.8) is 0 Å². The third-order valence-electron chi connectivity index (χ3n) is 6.36. The van der Waals surface area contributed by atoms with Gasteiger partial charge in [-0.25, -0.2) is 9.97 Å². The van der Waals surface area contributed by atoms with Crippen LogP contribution in [0.4, 0.5) is 5.82 Å². The molecule has 2 fully saturated rings. The van der Waals surface area contributed by atoms with Gasteiger partial charge in [0.25, 0.3) is 0 Å². The second-order valence-electron chi connectivity index (χ2n) is 8.92. The summed E-state index contributed by atoms with van der Waals surface area (Å²) in [6.07, 6.45) is 3.98. The van der Waals surface area contributed by atoms with Crippen LogP contribution in [0.3, 0.4) is 0 Å². The molecule has 1 saturated heterocycles. The van der Waals surface area contributed by atoms with Crippen molar-refractivity contribution in [2.75, 3.05) is 31.1 Å². The highest BCUT2D eigenvalue weighted by Gasteiger charge is 2.32. The molecule has 2 aromatic carbocycles. The van der Waals surface area contributed by atoms with Crippen LogP contribution in [-0.4, -0.2) is 47.2 Å². The molecule has 0 bridgehead atoms. The Labute approximate surface area is 195 Å². The molecule has 1 aromatic heterocycles. The van der Waals surface area contributed by atoms with E-state index in [1.54, 1.807) is 6.20 Å². The van der Waals surface area contributed by atoms with Gasteiger partial charge in [-0.3, -0.25) is 4.90 Å². The third kappa shape index (κ3) is 5.39. The van der Waals surface area contributed by atoms with Crippen LogP contribution in [0.15, 0.2) is 66.9 Å². The molecule has 2 heterocycles. The van der Waals surface area contributed by atoms with Gasteiger partial charge < -0.3 is 9.64 Å². The van der Waals surface area contributed by atoms with Crippen LogP contribution in [-0.2, 0) is 17.9 Å². The SMILES string of the molecule is N#Cc1cnc(C2CC2)nc1N1CCN(Cc2ccccc2)C[C@@H]1COCc1ccccc1.